The van der Waals surface area contributed by atoms with Gasteiger partial charge in [-0.3, -0.25) is 30.2 Å². The Labute approximate surface area is 162 Å². The molecule has 7 nitrogen and oxygen atoms in total. The number of hydrogen-bond acceptors (Lipinski definition) is 4. The van der Waals surface area contributed by atoms with Crippen molar-refractivity contribution in [2.24, 2.45) is 17.3 Å². The zero-order valence-corrected chi connectivity index (χ0v) is 15.7. The van der Waals surface area contributed by atoms with E-state index in [4.69, 9.17) is 11.6 Å². The fourth-order valence-electron chi connectivity index (χ4n) is 5.51. The van der Waals surface area contributed by atoms with Gasteiger partial charge in [0.1, 0.15) is 0 Å². The highest BCUT2D eigenvalue weighted by Gasteiger charge is 2.60. The summed E-state index contributed by atoms with van der Waals surface area (Å²) in [6, 6.07) is 3.08. The molecule has 0 aliphatic heterocycles. The van der Waals surface area contributed by atoms with Crippen LogP contribution in [0.15, 0.2) is 24.5 Å². The molecule has 5 rings (SSSR count). The van der Waals surface area contributed by atoms with Crippen LogP contribution >= 0.6 is 11.6 Å². The van der Waals surface area contributed by atoms with Crippen LogP contribution in [-0.2, 0) is 9.59 Å². The van der Waals surface area contributed by atoms with Crippen LogP contribution in [0, 0.1) is 17.3 Å². The first kappa shape index (κ1) is 18.2. The summed E-state index contributed by atoms with van der Waals surface area (Å²) in [6.07, 6.45) is 8.58. The second-order valence-corrected chi connectivity index (χ2v) is 9.11. The molecule has 4 bridgehead atoms. The molecular weight excluding hydrogens is 368 g/mol. The minimum atomic E-state index is -0.476. The summed E-state index contributed by atoms with van der Waals surface area (Å²) in [7, 11) is 0. The van der Waals surface area contributed by atoms with E-state index in [9.17, 15) is 14.4 Å². The molecular formula is C19H23ClN4O3. The molecule has 1 heterocycles. The first-order valence-corrected chi connectivity index (χ1v) is 9.72. The minimum Gasteiger partial charge on any atom is -0.346 e. The molecule has 0 saturated heterocycles. The quantitative estimate of drug-likeness (QED) is 0.536. The van der Waals surface area contributed by atoms with Gasteiger partial charge in [0.25, 0.3) is 11.8 Å². The molecule has 4 atom stereocenters. The standard InChI is InChI=1S/C19H23ClN4O3/c20-19-8-12-5-13(9-19)7-18(6-12,11-19)17(27)22-10-15(25)23-24-16(26)14-1-3-21-4-2-14/h1-4,12-13H,5-11H2,(H,22,27)(H,23,25)(H,24,26)/t12-,13+,18?,19?. The normalized spacial score (nSPS) is 33.4. The molecule has 4 aliphatic rings. The third kappa shape index (κ3) is 3.65. The molecule has 1 aromatic rings. The highest BCUT2D eigenvalue weighted by atomic mass is 35.5. The highest BCUT2D eigenvalue weighted by Crippen LogP contribution is 2.63. The van der Waals surface area contributed by atoms with E-state index in [1.807, 2.05) is 0 Å². The highest BCUT2D eigenvalue weighted by molar-refractivity contribution is 6.24. The Morgan fingerprint density at radius 2 is 1.74 bits per heavy atom. The van der Waals surface area contributed by atoms with Gasteiger partial charge in [0.15, 0.2) is 0 Å². The average Bonchev–Trinajstić information content (AvgIpc) is 2.62. The predicted octanol–water partition coefficient (Wildman–Crippen LogP) is 1.54. The van der Waals surface area contributed by atoms with Gasteiger partial charge in [0.05, 0.1) is 12.0 Å². The lowest BCUT2D eigenvalue weighted by Crippen LogP contribution is -2.59. The lowest BCUT2D eigenvalue weighted by Gasteiger charge is -2.59. The first-order valence-electron chi connectivity index (χ1n) is 9.34. The molecule has 27 heavy (non-hydrogen) atoms. The molecule has 4 fully saturated rings. The fraction of sp³-hybridized carbons (Fsp3) is 0.579. The third-order valence-electron chi connectivity index (χ3n) is 6.14. The van der Waals surface area contributed by atoms with Crippen LogP contribution in [0.25, 0.3) is 0 Å². The smallest absolute Gasteiger partial charge is 0.269 e. The number of nitrogens with zero attached hydrogens (tertiary/aromatic N) is 1. The summed E-state index contributed by atoms with van der Waals surface area (Å²) >= 11 is 6.76. The van der Waals surface area contributed by atoms with Crippen molar-refractivity contribution in [3.8, 4) is 0 Å². The average molecular weight is 391 g/mol. The monoisotopic (exact) mass is 390 g/mol. The summed E-state index contributed by atoms with van der Waals surface area (Å²) in [5.41, 5.74) is 4.59. The van der Waals surface area contributed by atoms with Crippen molar-refractivity contribution in [1.82, 2.24) is 21.2 Å². The van der Waals surface area contributed by atoms with Crippen molar-refractivity contribution in [3.63, 3.8) is 0 Å². The van der Waals surface area contributed by atoms with E-state index >= 15 is 0 Å². The summed E-state index contributed by atoms with van der Waals surface area (Å²) in [6.45, 7) is -0.179. The number of hydrazine groups is 1. The molecule has 0 radical (unpaired) electrons. The van der Waals surface area contributed by atoms with Crippen LogP contribution < -0.4 is 16.2 Å². The third-order valence-corrected chi connectivity index (χ3v) is 6.58. The van der Waals surface area contributed by atoms with Gasteiger partial charge in [-0.1, -0.05) is 0 Å². The number of carbonyl (C=O) groups excluding carboxylic acids is 3. The largest absolute Gasteiger partial charge is 0.346 e. The SMILES string of the molecule is O=C(CNC(=O)C12C[C@@H]3C[C@@H](CC(Cl)(C3)C1)C2)NNC(=O)c1ccncc1. The second-order valence-electron chi connectivity index (χ2n) is 8.31. The number of nitrogens with one attached hydrogen (secondary N) is 3. The molecule has 3 amide bonds. The maximum absolute atomic E-state index is 12.9. The molecule has 4 saturated carbocycles. The Hall–Kier alpha value is -2.15. The van der Waals surface area contributed by atoms with Crippen molar-refractivity contribution in [2.45, 2.75) is 43.4 Å². The van der Waals surface area contributed by atoms with Gasteiger partial charge >= 0.3 is 0 Å². The van der Waals surface area contributed by atoms with Crippen LogP contribution in [0.2, 0.25) is 0 Å². The van der Waals surface area contributed by atoms with Crippen molar-refractivity contribution in [1.29, 1.82) is 0 Å². The van der Waals surface area contributed by atoms with Crippen LogP contribution in [0.1, 0.15) is 48.9 Å². The number of amides is 3. The van der Waals surface area contributed by atoms with Gasteiger partial charge < -0.3 is 5.32 Å². The van der Waals surface area contributed by atoms with Crippen LogP contribution in [0.4, 0.5) is 0 Å². The van der Waals surface area contributed by atoms with E-state index < -0.39 is 17.2 Å². The van der Waals surface area contributed by atoms with Crippen molar-refractivity contribution in [3.05, 3.63) is 30.1 Å². The maximum Gasteiger partial charge on any atom is 0.269 e. The lowest BCUT2D eigenvalue weighted by atomic mass is 9.49. The fourth-order valence-corrected chi connectivity index (χ4v) is 6.20. The summed E-state index contributed by atoms with van der Waals surface area (Å²) < 4.78 is 0. The van der Waals surface area contributed by atoms with E-state index in [0.29, 0.717) is 23.8 Å². The Morgan fingerprint density at radius 1 is 1.07 bits per heavy atom. The molecule has 8 heteroatoms. The second kappa shape index (κ2) is 6.78. The van der Waals surface area contributed by atoms with Gasteiger partial charge in [-0.15, -0.1) is 11.6 Å². The predicted molar refractivity (Wildman–Crippen MR) is 98.6 cm³/mol. The summed E-state index contributed by atoms with van der Waals surface area (Å²) in [5.74, 6) is 0.0292. The summed E-state index contributed by atoms with van der Waals surface area (Å²) in [4.78, 5) is 40.3. The molecule has 0 aromatic carbocycles. The molecule has 1 aromatic heterocycles. The topological polar surface area (TPSA) is 100 Å². The number of hydrogen-bond donors (Lipinski definition) is 3. The van der Waals surface area contributed by atoms with Gasteiger partial charge in [-0.25, -0.2) is 0 Å². The van der Waals surface area contributed by atoms with Gasteiger partial charge in [-0.05, 0) is 62.5 Å². The Kier molecular flexibility index (Phi) is 4.58. The number of carbonyl (C=O) groups is 3. The van der Waals surface area contributed by atoms with Gasteiger partial charge in [0, 0.05) is 22.8 Å². The molecule has 4 aliphatic carbocycles. The van der Waals surface area contributed by atoms with E-state index in [2.05, 4.69) is 21.2 Å². The van der Waals surface area contributed by atoms with Crippen molar-refractivity contribution in [2.75, 3.05) is 6.54 Å². The number of halogens is 1. The van der Waals surface area contributed by atoms with Gasteiger partial charge in [0.2, 0.25) is 5.91 Å². The number of rotatable bonds is 4. The minimum absolute atomic E-state index is 0.0859. The Balaban J connectivity index is 1.28. The van der Waals surface area contributed by atoms with Crippen LogP contribution in [-0.4, -0.2) is 34.1 Å². The van der Waals surface area contributed by atoms with E-state index in [1.54, 1.807) is 0 Å². The zero-order chi connectivity index (χ0) is 19.1. The molecule has 2 unspecified atom stereocenters. The van der Waals surface area contributed by atoms with E-state index in [0.717, 1.165) is 25.7 Å². The van der Waals surface area contributed by atoms with Gasteiger partial charge in [-0.2, -0.15) is 0 Å². The molecule has 0 spiro atoms. The van der Waals surface area contributed by atoms with E-state index in [1.165, 1.54) is 30.9 Å². The summed E-state index contributed by atoms with van der Waals surface area (Å²) in [5, 5.41) is 2.75. The van der Waals surface area contributed by atoms with Crippen molar-refractivity contribution >= 4 is 29.3 Å². The Morgan fingerprint density at radius 3 is 2.37 bits per heavy atom. The lowest BCUT2D eigenvalue weighted by molar-refractivity contribution is -0.145. The number of aromatic nitrogens is 1. The van der Waals surface area contributed by atoms with Crippen LogP contribution in [0.3, 0.4) is 0 Å². The Bertz CT molecular complexity index is 755. The van der Waals surface area contributed by atoms with Crippen molar-refractivity contribution < 1.29 is 14.4 Å². The first-order chi connectivity index (χ1) is 12.9. The van der Waals surface area contributed by atoms with E-state index in [-0.39, 0.29) is 17.3 Å². The number of pyridine rings is 1. The maximum atomic E-state index is 12.9. The molecule has 144 valence electrons. The molecule has 3 N–H and O–H groups in total. The van der Waals surface area contributed by atoms with Crippen LogP contribution in [0.5, 0.6) is 0 Å². The number of alkyl halides is 1. The zero-order valence-electron chi connectivity index (χ0n) is 15.0.